The maximum Gasteiger partial charge on any atom is 0.307 e. The second-order valence-electron chi connectivity index (χ2n) is 6.87. The quantitative estimate of drug-likeness (QED) is 0.599. The highest BCUT2D eigenvalue weighted by Gasteiger charge is 2.34. The lowest BCUT2D eigenvalue weighted by molar-refractivity contribution is -0.144. The molecule has 26 heavy (non-hydrogen) atoms. The first-order valence-electron chi connectivity index (χ1n) is 9.21. The van der Waals surface area contributed by atoms with Crippen LogP contribution in [0.25, 0.3) is 0 Å². The predicted octanol–water partition coefficient (Wildman–Crippen LogP) is 2.49. The van der Waals surface area contributed by atoms with Crippen molar-refractivity contribution in [1.29, 1.82) is 0 Å². The van der Waals surface area contributed by atoms with Gasteiger partial charge in [0.15, 0.2) is 0 Å². The lowest BCUT2D eigenvalue weighted by Gasteiger charge is -2.32. The van der Waals surface area contributed by atoms with Crippen molar-refractivity contribution in [2.24, 2.45) is 5.92 Å². The third-order valence-electron chi connectivity index (χ3n) is 4.65. The molecule has 1 aromatic rings. The Labute approximate surface area is 156 Å². The van der Waals surface area contributed by atoms with Crippen LogP contribution in [0, 0.1) is 5.92 Å². The summed E-state index contributed by atoms with van der Waals surface area (Å²) >= 11 is 0. The van der Waals surface area contributed by atoms with Crippen molar-refractivity contribution in [1.82, 2.24) is 9.80 Å². The number of rotatable bonds is 10. The first-order chi connectivity index (χ1) is 12.5. The van der Waals surface area contributed by atoms with Gasteiger partial charge in [-0.15, -0.1) is 0 Å². The Morgan fingerprint density at radius 1 is 1.19 bits per heavy atom. The Hall–Kier alpha value is -2.08. The summed E-state index contributed by atoms with van der Waals surface area (Å²) in [7, 11) is 5.64. The molecule has 0 spiro atoms. The molecule has 1 aliphatic rings. The molecule has 1 amide bonds. The molecule has 0 aromatic heterocycles. The van der Waals surface area contributed by atoms with Gasteiger partial charge in [-0.2, -0.15) is 0 Å². The van der Waals surface area contributed by atoms with Gasteiger partial charge in [-0.05, 0) is 51.6 Å². The number of carbonyl (C=O) groups excluding carboxylic acids is 2. The number of methoxy groups -OCH3 is 1. The Bertz CT molecular complexity index is 596. The molecule has 1 aliphatic carbocycles. The molecule has 2 rings (SSSR count). The number of hydrogen-bond acceptors (Lipinski definition) is 5. The highest BCUT2D eigenvalue weighted by Crippen LogP contribution is 2.32. The van der Waals surface area contributed by atoms with Crippen LogP contribution < -0.4 is 4.74 Å². The van der Waals surface area contributed by atoms with Gasteiger partial charge in [-0.25, -0.2) is 0 Å². The summed E-state index contributed by atoms with van der Waals surface area (Å²) in [6, 6.07) is 7.95. The van der Waals surface area contributed by atoms with Crippen LogP contribution in [0.2, 0.25) is 0 Å². The van der Waals surface area contributed by atoms with Crippen LogP contribution in [-0.4, -0.2) is 62.6 Å². The van der Waals surface area contributed by atoms with Crippen LogP contribution in [0.1, 0.15) is 37.8 Å². The molecule has 6 nitrogen and oxygen atoms in total. The summed E-state index contributed by atoms with van der Waals surface area (Å²) in [4.78, 5) is 28.4. The lowest BCUT2D eigenvalue weighted by Crippen LogP contribution is -2.40. The van der Waals surface area contributed by atoms with Gasteiger partial charge in [0, 0.05) is 19.0 Å². The average molecular weight is 362 g/mol. The molecule has 1 fully saturated rings. The summed E-state index contributed by atoms with van der Waals surface area (Å²) in [5.41, 5.74) is 1.11. The van der Waals surface area contributed by atoms with Gasteiger partial charge in [0.2, 0.25) is 5.91 Å². The standard InChI is InChI=1S/C20H30N2O4/c1-5-26-19(23)12-13-22(20(24)16-6-7-16)14-18(21(2)3)15-8-10-17(25-4)11-9-15/h8-11,16,18H,5-7,12-14H2,1-4H3. The van der Waals surface area contributed by atoms with E-state index < -0.39 is 0 Å². The number of benzene rings is 1. The fourth-order valence-corrected chi connectivity index (χ4v) is 2.94. The Kier molecular flexibility index (Phi) is 7.45. The molecule has 0 N–H and O–H groups in total. The fraction of sp³-hybridized carbons (Fsp3) is 0.600. The molecular weight excluding hydrogens is 332 g/mol. The zero-order chi connectivity index (χ0) is 19.1. The maximum atomic E-state index is 12.7. The molecule has 144 valence electrons. The Balaban J connectivity index is 2.10. The molecule has 0 saturated heterocycles. The van der Waals surface area contributed by atoms with Gasteiger partial charge in [0.25, 0.3) is 0 Å². The topological polar surface area (TPSA) is 59.1 Å². The molecule has 1 aromatic carbocycles. The molecule has 0 heterocycles. The second kappa shape index (κ2) is 9.57. The van der Waals surface area contributed by atoms with Gasteiger partial charge in [0.05, 0.1) is 26.2 Å². The summed E-state index contributed by atoms with van der Waals surface area (Å²) in [6.07, 6.45) is 2.13. The third kappa shape index (κ3) is 5.73. The van der Waals surface area contributed by atoms with Crippen molar-refractivity contribution >= 4 is 11.9 Å². The van der Waals surface area contributed by atoms with Crippen LogP contribution in [0.4, 0.5) is 0 Å². The number of carbonyl (C=O) groups is 2. The first-order valence-corrected chi connectivity index (χ1v) is 9.21. The highest BCUT2D eigenvalue weighted by atomic mass is 16.5. The van der Waals surface area contributed by atoms with Crippen molar-refractivity contribution in [3.8, 4) is 5.75 Å². The molecule has 6 heteroatoms. The molecule has 0 bridgehead atoms. The van der Waals surface area contributed by atoms with Crippen LogP contribution in [0.3, 0.4) is 0 Å². The number of likely N-dealkylation sites (N-methyl/N-ethyl adjacent to an activating group) is 1. The van der Waals surface area contributed by atoms with E-state index in [1.165, 1.54) is 0 Å². The summed E-state index contributed by atoms with van der Waals surface area (Å²) in [5.74, 6) is 0.817. The van der Waals surface area contributed by atoms with E-state index in [1.807, 2.05) is 43.3 Å². The minimum atomic E-state index is -0.257. The number of amides is 1. The third-order valence-corrected chi connectivity index (χ3v) is 4.65. The maximum absolute atomic E-state index is 12.7. The summed E-state index contributed by atoms with van der Waals surface area (Å²) in [6.45, 7) is 3.10. The van der Waals surface area contributed by atoms with Crippen molar-refractivity contribution < 1.29 is 19.1 Å². The largest absolute Gasteiger partial charge is 0.497 e. The molecular formula is C20H30N2O4. The van der Waals surface area contributed by atoms with E-state index in [-0.39, 0.29) is 30.3 Å². The van der Waals surface area contributed by atoms with E-state index in [0.29, 0.717) is 19.7 Å². The van der Waals surface area contributed by atoms with Crippen LogP contribution in [-0.2, 0) is 14.3 Å². The number of ether oxygens (including phenoxy) is 2. The Morgan fingerprint density at radius 3 is 2.35 bits per heavy atom. The monoisotopic (exact) mass is 362 g/mol. The highest BCUT2D eigenvalue weighted by molar-refractivity contribution is 5.81. The lowest BCUT2D eigenvalue weighted by atomic mass is 10.0. The summed E-state index contributed by atoms with van der Waals surface area (Å²) in [5, 5.41) is 0. The van der Waals surface area contributed by atoms with Gasteiger partial charge in [-0.1, -0.05) is 12.1 Å². The second-order valence-corrected chi connectivity index (χ2v) is 6.87. The molecule has 1 atom stereocenters. The van der Waals surface area contributed by atoms with Crippen LogP contribution in [0.15, 0.2) is 24.3 Å². The molecule has 0 radical (unpaired) electrons. The zero-order valence-electron chi connectivity index (χ0n) is 16.2. The Morgan fingerprint density at radius 2 is 1.85 bits per heavy atom. The SMILES string of the molecule is CCOC(=O)CCN(CC(c1ccc(OC)cc1)N(C)C)C(=O)C1CC1. The number of esters is 1. The van der Waals surface area contributed by atoms with E-state index in [0.717, 1.165) is 24.2 Å². The smallest absolute Gasteiger partial charge is 0.307 e. The minimum absolute atomic E-state index is 0.0470. The average Bonchev–Trinajstić information content (AvgIpc) is 3.46. The fourth-order valence-electron chi connectivity index (χ4n) is 2.94. The first kappa shape index (κ1) is 20.2. The van der Waals surface area contributed by atoms with Crippen molar-refractivity contribution in [2.75, 3.05) is 40.9 Å². The van der Waals surface area contributed by atoms with E-state index in [9.17, 15) is 9.59 Å². The van der Waals surface area contributed by atoms with Crippen molar-refractivity contribution in [3.05, 3.63) is 29.8 Å². The van der Waals surface area contributed by atoms with E-state index in [4.69, 9.17) is 9.47 Å². The predicted molar refractivity (Wildman–Crippen MR) is 100.0 cm³/mol. The number of nitrogens with zero attached hydrogens (tertiary/aromatic N) is 2. The van der Waals surface area contributed by atoms with E-state index >= 15 is 0 Å². The summed E-state index contributed by atoms with van der Waals surface area (Å²) < 4.78 is 10.2. The van der Waals surface area contributed by atoms with Gasteiger partial charge in [-0.3, -0.25) is 9.59 Å². The normalized spacial score (nSPS) is 14.8. The van der Waals surface area contributed by atoms with E-state index in [1.54, 1.807) is 14.0 Å². The van der Waals surface area contributed by atoms with E-state index in [2.05, 4.69) is 4.90 Å². The van der Waals surface area contributed by atoms with Gasteiger partial charge in [0.1, 0.15) is 5.75 Å². The molecule has 1 unspecified atom stereocenters. The molecule has 1 saturated carbocycles. The minimum Gasteiger partial charge on any atom is -0.497 e. The van der Waals surface area contributed by atoms with Crippen LogP contribution >= 0.6 is 0 Å². The molecule has 0 aliphatic heterocycles. The van der Waals surface area contributed by atoms with Crippen LogP contribution in [0.5, 0.6) is 5.75 Å². The van der Waals surface area contributed by atoms with Gasteiger partial charge >= 0.3 is 5.97 Å². The van der Waals surface area contributed by atoms with Crippen molar-refractivity contribution in [2.45, 2.75) is 32.2 Å². The number of hydrogen-bond donors (Lipinski definition) is 0. The van der Waals surface area contributed by atoms with Gasteiger partial charge < -0.3 is 19.3 Å². The van der Waals surface area contributed by atoms with Crippen molar-refractivity contribution in [3.63, 3.8) is 0 Å². The zero-order valence-corrected chi connectivity index (χ0v) is 16.2.